The fourth-order valence-corrected chi connectivity index (χ4v) is 2.85. The number of nitrogens with zero attached hydrogens (tertiary/aromatic N) is 3. The second-order valence-corrected chi connectivity index (χ2v) is 8.48. The summed E-state index contributed by atoms with van der Waals surface area (Å²) < 4.78 is 1.72. The first-order valence-electron chi connectivity index (χ1n) is 9.35. The number of amides is 2. The van der Waals surface area contributed by atoms with Gasteiger partial charge in [0.1, 0.15) is 18.2 Å². The molecule has 1 aromatic carbocycles. The minimum absolute atomic E-state index is 0.0624. The van der Waals surface area contributed by atoms with Crippen LogP contribution < -0.4 is 5.32 Å². The summed E-state index contributed by atoms with van der Waals surface area (Å²) in [6.45, 7) is 11.9. The van der Waals surface area contributed by atoms with Gasteiger partial charge in [-0.05, 0) is 32.9 Å². The summed E-state index contributed by atoms with van der Waals surface area (Å²) in [5.74, 6) is -0.142. The normalized spacial score (nSPS) is 11.6. The van der Waals surface area contributed by atoms with Gasteiger partial charge in [0.2, 0.25) is 11.8 Å². The number of nitrogens with one attached hydrogen (secondary N) is 1. The zero-order chi connectivity index (χ0) is 21.1. The Morgan fingerprint density at radius 2 is 1.82 bits per heavy atom. The molecule has 2 amide bonds. The third kappa shape index (κ3) is 5.35. The van der Waals surface area contributed by atoms with Gasteiger partial charge in [-0.25, -0.2) is 4.68 Å². The number of alkyl halides is 1. The maximum atomic E-state index is 12.7. The van der Waals surface area contributed by atoms with Crippen molar-refractivity contribution in [2.45, 2.75) is 53.0 Å². The Morgan fingerprint density at radius 1 is 1.21 bits per heavy atom. The number of hydrogen-bond acceptors (Lipinski definition) is 3. The van der Waals surface area contributed by atoms with Crippen molar-refractivity contribution in [1.82, 2.24) is 14.7 Å². The molecule has 1 N–H and O–H groups in total. The lowest BCUT2D eigenvalue weighted by molar-refractivity contribution is -0.134. The molecule has 152 valence electrons. The maximum absolute atomic E-state index is 12.7. The molecule has 0 unspecified atom stereocenters. The first-order chi connectivity index (χ1) is 13.0. The van der Waals surface area contributed by atoms with Crippen LogP contribution in [0.4, 0.5) is 5.82 Å². The van der Waals surface area contributed by atoms with Crippen molar-refractivity contribution in [2.75, 3.05) is 17.7 Å². The maximum Gasteiger partial charge on any atom is 0.245 e. The van der Waals surface area contributed by atoms with E-state index < -0.39 is 0 Å². The Kier molecular flexibility index (Phi) is 6.88. The summed E-state index contributed by atoms with van der Waals surface area (Å²) >= 11 is 5.67. The molecule has 1 heterocycles. The lowest BCUT2D eigenvalue weighted by Crippen LogP contribution is -2.43. The van der Waals surface area contributed by atoms with Crippen LogP contribution in [0.1, 0.15) is 45.9 Å². The third-order valence-corrected chi connectivity index (χ3v) is 4.62. The number of carbonyl (C=O) groups is 2. The Bertz CT molecular complexity index is 835. The number of anilines is 1. The number of aryl methyl sites for hydroxylation is 1. The molecule has 0 aliphatic carbocycles. The SMILES string of the molecule is Cc1ccc(-n2nc(C(C)(C)C)cc2NC(=O)CN(C(=O)CCl)C(C)C)cc1. The molecular weight excluding hydrogens is 376 g/mol. The number of hydrogen-bond donors (Lipinski definition) is 1. The van der Waals surface area contributed by atoms with E-state index in [-0.39, 0.29) is 35.7 Å². The number of carbonyl (C=O) groups excluding carboxylic acids is 2. The summed E-state index contributed by atoms with van der Waals surface area (Å²) in [6.07, 6.45) is 0. The van der Waals surface area contributed by atoms with Crippen molar-refractivity contribution < 1.29 is 9.59 Å². The molecule has 2 aromatic rings. The molecule has 0 aliphatic heterocycles. The fraction of sp³-hybridized carbons (Fsp3) is 0.476. The summed E-state index contributed by atoms with van der Waals surface area (Å²) in [4.78, 5) is 26.1. The van der Waals surface area contributed by atoms with Gasteiger partial charge < -0.3 is 10.2 Å². The molecule has 6 nitrogen and oxygen atoms in total. The van der Waals surface area contributed by atoms with Crippen LogP contribution in [-0.2, 0) is 15.0 Å². The molecule has 7 heteroatoms. The molecule has 0 saturated heterocycles. The van der Waals surface area contributed by atoms with E-state index in [4.69, 9.17) is 16.7 Å². The van der Waals surface area contributed by atoms with Gasteiger partial charge >= 0.3 is 0 Å². The predicted octanol–water partition coefficient (Wildman–Crippen LogP) is 3.89. The zero-order valence-electron chi connectivity index (χ0n) is 17.4. The van der Waals surface area contributed by atoms with Gasteiger partial charge in [0.25, 0.3) is 0 Å². The van der Waals surface area contributed by atoms with Gasteiger partial charge in [-0.1, -0.05) is 38.5 Å². The minimum Gasteiger partial charge on any atom is -0.330 e. The molecule has 0 bridgehead atoms. The lowest BCUT2D eigenvalue weighted by atomic mass is 9.92. The van der Waals surface area contributed by atoms with Crippen LogP contribution in [0, 0.1) is 6.92 Å². The van der Waals surface area contributed by atoms with Crippen LogP contribution in [0.2, 0.25) is 0 Å². The average molecular weight is 405 g/mol. The highest BCUT2D eigenvalue weighted by Gasteiger charge is 2.23. The van der Waals surface area contributed by atoms with Crippen molar-refractivity contribution in [3.63, 3.8) is 0 Å². The second kappa shape index (κ2) is 8.78. The molecular formula is C21H29ClN4O2. The van der Waals surface area contributed by atoms with Crippen molar-refractivity contribution in [1.29, 1.82) is 0 Å². The highest BCUT2D eigenvalue weighted by atomic mass is 35.5. The van der Waals surface area contributed by atoms with Crippen LogP contribution in [-0.4, -0.2) is 45.0 Å². The quantitative estimate of drug-likeness (QED) is 0.742. The Morgan fingerprint density at radius 3 is 2.32 bits per heavy atom. The van der Waals surface area contributed by atoms with Gasteiger partial charge in [0.05, 0.1) is 11.4 Å². The lowest BCUT2D eigenvalue weighted by Gasteiger charge is -2.25. The van der Waals surface area contributed by atoms with Gasteiger partial charge in [-0.3, -0.25) is 9.59 Å². The van der Waals surface area contributed by atoms with E-state index in [0.29, 0.717) is 5.82 Å². The van der Waals surface area contributed by atoms with Crippen LogP contribution in [0.3, 0.4) is 0 Å². The molecule has 2 rings (SSSR count). The van der Waals surface area contributed by atoms with E-state index in [1.807, 2.05) is 51.1 Å². The van der Waals surface area contributed by atoms with Crippen LogP contribution in [0.15, 0.2) is 30.3 Å². The first kappa shape index (κ1) is 22.0. The Balaban J connectivity index is 2.33. The monoisotopic (exact) mass is 404 g/mol. The van der Waals surface area contributed by atoms with E-state index in [2.05, 4.69) is 26.1 Å². The van der Waals surface area contributed by atoms with Crippen molar-refractivity contribution in [2.24, 2.45) is 0 Å². The number of aromatic nitrogens is 2. The van der Waals surface area contributed by atoms with Gasteiger partial charge in [-0.2, -0.15) is 5.10 Å². The first-order valence-corrected chi connectivity index (χ1v) is 9.89. The van der Waals surface area contributed by atoms with Gasteiger partial charge in [0, 0.05) is 17.5 Å². The average Bonchev–Trinajstić information content (AvgIpc) is 3.03. The smallest absolute Gasteiger partial charge is 0.245 e. The number of benzene rings is 1. The highest BCUT2D eigenvalue weighted by molar-refractivity contribution is 6.27. The minimum atomic E-state index is -0.291. The van der Waals surface area contributed by atoms with Gasteiger partial charge in [-0.15, -0.1) is 11.6 Å². The van der Waals surface area contributed by atoms with E-state index in [0.717, 1.165) is 16.9 Å². The Hall–Kier alpha value is -2.34. The summed E-state index contributed by atoms with van der Waals surface area (Å²) in [5, 5.41) is 7.61. The molecule has 1 aromatic heterocycles. The summed E-state index contributed by atoms with van der Waals surface area (Å²) in [7, 11) is 0. The molecule has 0 fully saturated rings. The van der Waals surface area contributed by atoms with E-state index >= 15 is 0 Å². The van der Waals surface area contributed by atoms with Crippen molar-refractivity contribution in [3.05, 3.63) is 41.6 Å². The van der Waals surface area contributed by atoms with E-state index in [1.54, 1.807) is 4.68 Å². The molecule has 0 radical (unpaired) electrons. The van der Waals surface area contributed by atoms with Gasteiger partial charge in [0.15, 0.2) is 0 Å². The van der Waals surface area contributed by atoms with Crippen LogP contribution in [0.25, 0.3) is 5.69 Å². The highest BCUT2D eigenvalue weighted by Crippen LogP contribution is 2.26. The molecule has 0 aliphatic rings. The largest absolute Gasteiger partial charge is 0.330 e. The van der Waals surface area contributed by atoms with Crippen LogP contribution >= 0.6 is 11.6 Å². The van der Waals surface area contributed by atoms with Crippen LogP contribution in [0.5, 0.6) is 0 Å². The number of halogens is 1. The molecule has 28 heavy (non-hydrogen) atoms. The van der Waals surface area contributed by atoms with E-state index in [9.17, 15) is 9.59 Å². The third-order valence-electron chi connectivity index (χ3n) is 4.40. The van der Waals surface area contributed by atoms with Crippen molar-refractivity contribution >= 4 is 29.2 Å². The summed E-state index contributed by atoms with van der Waals surface area (Å²) in [6, 6.07) is 9.67. The Labute approximate surface area is 171 Å². The fourth-order valence-electron chi connectivity index (χ4n) is 2.69. The summed E-state index contributed by atoms with van der Waals surface area (Å²) in [5.41, 5.74) is 2.69. The molecule has 0 atom stereocenters. The topological polar surface area (TPSA) is 67.2 Å². The standard InChI is InChI=1S/C21H29ClN4O2/c1-14(2)25(20(28)12-22)13-19(27)23-18-11-17(21(4,5)6)24-26(18)16-9-7-15(3)8-10-16/h7-11,14H,12-13H2,1-6H3,(H,23,27). The van der Waals surface area contributed by atoms with Crippen molar-refractivity contribution in [3.8, 4) is 5.69 Å². The number of rotatable bonds is 6. The molecule has 0 saturated carbocycles. The second-order valence-electron chi connectivity index (χ2n) is 8.21. The molecule has 0 spiro atoms. The zero-order valence-corrected chi connectivity index (χ0v) is 18.2. The predicted molar refractivity (Wildman–Crippen MR) is 113 cm³/mol. The van der Waals surface area contributed by atoms with E-state index in [1.165, 1.54) is 4.90 Å².